The predicted octanol–water partition coefficient (Wildman–Crippen LogP) is 3.25. The van der Waals surface area contributed by atoms with Crippen LogP contribution in [0.2, 0.25) is 0 Å². The van der Waals surface area contributed by atoms with Gasteiger partial charge in [-0.3, -0.25) is 29.4 Å². The fourth-order valence-corrected chi connectivity index (χ4v) is 5.29. The van der Waals surface area contributed by atoms with Crippen LogP contribution in [0, 0.1) is 17.0 Å². The van der Waals surface area contributed by atoms with Gasteiger partial charge in [0.15, 0.2) is 0 Å². The Morgan fingerprint density at radius 1 is 1.12 bits per heavy atom. The van der Waals surface area contributed by atoms with Crippen LogP contribution in [-0.2, 0) is 0 Å². The molecule has 0 saturated carbocycles. The highest BCUT2D eigenvalue weighted by Crippen LogP contribution is 2.38. The normalized spacial score (nSPS) is 19.3. The molecule has 2 aromatic rings. The Balaban J connectivity index is 1.60. The fraction of sp³-hybridized carbons (Fsp3) is 0.458. The highest BCUT2D eigenvalue weighted by atomic mass is 79.9. The second kappa shape index (κ2) is 11.3. The van der Waals surface area contributed by atoms with Gasteiger partial charge in [0.05, 0.1) is 23.6 Å². The first-order valence-electron chi connectivity index (χ1n) is 12.2. The Bertz CT molecular complexity index is 1430. The number of nitro benzene ring substituents is 1. The molecule has 2 aliphatic rings. The topological polar surface area (TPSA) is 132 Å². The monoisotopic (exact) mass is 650 g/mol. The SMILES string of the molecule is Cc1cc(C(=O)N2C[C@H](Nc3c(C(=O)N4CCN(CC(F)(F)F)CC4)cc(Br)cc3[N+](=O)[O-])C(F)(F)C2)cc(=O)[nH]1. The number of hydrogen-bond acceptors (Lipinski definition) is 7. The molecule has 3 heterocycles. The van der Waals surface area contributed by atoms with E-state index in [-0.39, 0.29) is 41.8 Å². The summed E-state index contributed by atoms with van der Waals surface area (Å²) in [6.45, 7) is -1.75. The van der Waals surface area contributed by atoms with Gasteiger partial charge in [0.1, 0.15) is 11.7 Å². The average molecular weight is 651 g/mol. The van der Waals surface area contributed by atoms with E-state index < -0.39 is 71.4 Å². The van der Waals surface area contributed by atoms with E-state index in [1.165, 1.54) is 24.0 Å². The van der Waals surface area contributed by atoms with E-state index >= 15 is 8.78 Å². The summed E-state index contributed by atoms with van der Waals surface area (Å²) in [7, 11) is 0. The van der Waals surface area contributed by atoms with Gasteiger partial charge in [0.25, 0.3) is 23.4 Å². The smallest absolute Gasteiger partial charge is 0.369 e. The van der Waals surface area contributed by atoms with E-state index in [9.17, 15) is 37.7 Å². The summed E-state index contributed by atoms with van der Waals surface area (Å²) in [6, 6.07) is 2.68. The van der Waals surface area contributed by atoms with Crippen LogP contribution >= 0.6 is 15.9 Å². The number of likely N-dealkylation sites (tertiary alicyclic amines) is 1. The minimum absolute atomic E-state index is 0.105. The number of amides is 2. The van der Waals surface area contributed by atoms with Crippen molar-refractivity contribution >= 4 is 39.1 Å². The van der Waals surface area contributed by atoms with Crippen molar-refractivity contribution in [2.75, 3.05) is 51.1 Å². The third kappa shape index (κ3) is 7.01. The lowest BCUT2D eigenvalue weighted by atomic mass is 10.1. The molecule has 0 bridgehead atoms. The zero-order chi connectivity index (χ0) is 30.3. The summed E-state index contributed by atoms with van der Waals surface area (Å²) < 4.78 is 68.7. The van der Waals surface area contributed by atoms with Crippen molar-refractivity contribution < 1.29 is 36.5 Å². The van der Waals surface area contributed by atoms with Gasteiger partial charge >= 0.3 is 6.18 Å². The van der Waals surface area contributed by atoms with Gasteiger partial charge in [0.2, 0.25) is 5.56 Å². The number of hydrogen-bond donors (Lipinski definition) is 2. The standard InChI is InChI=1S/C24H24BrF5N6O5/c1-13-6-14(7-19(37)31-13)21(38)35-10-18(23(26,27)11-35)32-20-16(8-15(25)9-17(20)36(40)41)22(39)34-4-2-33(3-5-34)12-24(28,29)30/h6-9,18,32H,2-5,10-12H2,1H3,(H,31,37)/t18-/m0/s1. The third-order valence-corrected chi connectivity index (χ3v) is 7.18. The van der Waals surface area contributed by atoms with Crippen molar-refractivity contribution in [2.45, 2.75) is 25.1 Å². The number of pyridine rings is 1. The number of piperazine rings is 1. The van der Waals surface area contributed by atoms with E-state index in [1.807, 2.05) is 0 Å². The van der Waals surface area contributed by atoms with Gasteiger partial charge in [-0.15, -0.1) is 0 Å². The molecule has 0 unspecified atom stereocenters. The molecule has 1 aromatic carbocycles. The molecule has 1 aromatic heterocycles. The van der Waals surface area contributed by atoms with Gasteiger partial charge in [-0.25, -0.2) is 8.78 Å². The first-order chi connectivity index (χ1) is 19.0. The molecule has 2 saturated heterocycles. The number of aromatic amines is 1. The fourth-order valence-electron chi connectivity index (χ4n) is 4.84. The lowest BCUT2D eigenvalue weighted by molar-refractivity contribution is -0.384. The third-order valence-electron chi connectivity index (χ3n) is 6.72. The van der Waals surface area contributed by atoms with Crippen LogP contribution < -0.4 is 10.9 Å². The molecule has 2 aliphatic heterocycles. The highest BCUT2D eigenvalue weighted by molar-refractivity contribution is 9.10. The molecular formula is C24H24BrF5N6O5. The van der Waals surface area contributed by atoms with Gasteiger partial charge in [-0.2, -0.15) is 13.2 Å². The largest absolute Gasteiger partial charge is 0.401 e. The van der Waals surface area contributed by atoms with Crippen molar-refractivity contribution in [3.63, 3.8) is 0 Å². The molecular weight excluding hydrogens is 627 g/mol. The molecule has 0 spiro atoms. The van der Waals surface area contributed by atoms with Gasteiger partial charge in [-0.05, 0) is 19.1 Å². The van der Waals surface area contributed by atoms with Crippen LogP contribution in [0.15, 0.2) is 33.5 Å². The summed E-state index contributed by atoms with van der Waals surface area (Å²) in [5.41, 5.74) is -1.90. The van der Waals surface area contributed by atoms with Crippen molar-refractivity contribution in [1.29, 1.82) is 0 Å². The highest BCUT2D eigenvalue weighted by Gasteiger charge is 2.51. The van der Waals surface area contributed by atoms with Crippen LogP contribution in [0.1, 0.15) is 26.4 Å². The van der Waals surface area contributed by atoms with Crippen molar-refractivity contribution in [2.24, 2.45) is 0 Å². The second-order valence-electron chi connectivity index (χ2n) is 9.85. The first kappa shape index (κ1) is 30.4. The number of rotatable bonds is 6. The van der Waals surface area contributed by atoms with Crippen molar-refractivity contribution in [3.05, 3.63) is 66.0 Å². The zero-order valence-corrected chi connectivity index (χ0v) is 23.0. The molecule has 0 radical (unpaired) electrons. The Morgan fingerprint density at radius 3 is 2.37 bits per heavy atom. The van der Waals surface area contributed by atoms with E-state index in [2.05, 4.69) is 26.2 Å². The maximum atomic E-state index is 15.2. The summed E-state index contributed by atoms with van der Waals surface area (Å²) in [4.78, 5) is 54.7. The number of nitrogens with one attached hydrogen (secondary N) is 2. The Labute approximate surface area is 237 Å². The quantitative estimate of drug-likeness (QED) is 0.279. The molecule has 0 aliphatic carbocycles. The Kier molecular flexibility index (Phi) is 8.40. The Morgan fingerprint density at radius 2 is 1.78 bits per heavy atom. The number of carbonyl (C=O) groups is 2. The van der Waals surface area contributed by atoms with E-state index in [0.29, 0.717) is 5.69 Å². The summed E-state index contributed by atoms with van der Waals surface area (Å²) in [6.07, 6.45) is -4.43. The van der Waals surface area contributed by atoms with E-state index in [1.54, 1.807) is 0 Å². The van der Waals surface area contributed by atoms with Crippen LogP contribution in [-0.4, -0.2) is 100 Å². The number of alkyl halides is 5. The number of H-pyrrole nitrogens is 1. The number of anilines is 1. The number of aryl methyl sites for hydroxylation is 1. The molecule has 2 amide bonds. The average Bonchev–Trinajstić information content (AvgIpc) is 3.16. The first-order valence-corrected chi connectivity index (χ1v) is 13.0. The molecule has 41 heavy (non-hydrogen) atoms. The molecule has 17 heteroatoms. The number of halogens is 6. The number of nitro groups is 1. The van der Waals surface area contributed by atoms with Gasteiger partial charge in [-0.1, -0.05) is 15.9 Å². The lowest BCUT2D eigenvalue weighted by Gasteiger charge is -2.35. The molecule has 2 N–H and O–H groups in total. The van der Waals surface area contributed by atoms with Crippen molar-refractivity contribution in [1.82, 2.24) is 19.7 Å². The second-order valence-corrected chi connectivity index (χ2v) is 10.8. The number of carbonyl (C=O) groups excluding carboxylic acids is 2. The molecule has 222 valence electrons. The van der Waals surface area contributed by atoms with Gasteiger partial charge < -0.3 is 20.1 Å². The lowest BCUT2D eigenvalue weighted by Crippen LogP contribution is -2.51. The molecule has 2 fully saturated rings. The van der Waals surface area contributed by atoms with Crippen LogP contribution in [0.5, 0.6) is 0 Å². The molecule has 11 nitrogen and oxygen atoms in total. The maximum absolute atomic E-state index is 15.2. The van der Waals surface area contributed by atoms with Crippen LogP contribution in [0.4, 0.5) is 33.3 Å². The summed E-state index contributed by atoms with van der Waals surface area (Å²) in [5.74, 6) is -5.23. The number of aromatic nitrogens is 1. The number of nitrogens with zero attached hydrogens (tertiary/aromatic N) is 4. The molecule has 1 atom stereocenters. The predicted molar refractivity (Wildman–Crippen MR) is 139 cm³/mol. The number of benzene rings is 1. The summed E-state index contributed by atoms with van der Waals surface area (Å²) in [5, 5.41) is 14.3. The maximum Gasteiger partial charge on any atom is 0.401 e. The molecule has 4 rings (SSSR count). The van der Waals surface area contributed by atoms with Crippen LogP contribution in [0.25, 0.3) is 0 Å². The van der Waals surface area contributed by atoms with Crippen molar-refractivity contribution in [3.8, 4) is 0 Å². The zero-order valence-electron chi connectivity index (χ0n) is 21.4. The van der Waals surface area contributed by atoms with Crippen LogP contribution in [0.3, 0.4) is 0 Å². The van der Waals surface area contributed by atoms with E-state index in [4.69, 9.17) is 0 Å². The Hall–Kier alpha value is -3.60. The minimum Gasteiger partial charge on any atom is -0.369 e. The summed E-state index contributed by atoms with van der Waals surface area (Å²) >= 11 is 3.09. The van der Waals surface area contributed by atoms with Gasteiger partial charge in [0, 0.05) is 60.6 Å². The minimum atomic E-state index is -4.43. The van der Waals surface area contributed by atoms with E-state index in [0.717, 1.165) is 21.9 Å².